The van der Waals surface area contributed by atoms with Crippen LogP contribution in [-0.2, 0) is 4.74 Å². The first-order chi connectivity index (χ1) is 8.61. The zero-order valence-corrected chi connectivity index (χ0v) is 11.9. The van der Waals surface area contributed by atoms with E-state index in [4.69, 9.17) is 4.74 Å². The minimum atomic E-state index is 0.231. The molecule has 1 heterocycles. The molecule has 0 bridgehead atoms. The molecule has 0 aliphatic carbocycles. The van der Waals surface area contributed by atoms with Gasteiger partial charge in [-0.1, -0.05) is 23.8 Å². The Bertz CT molecular complexity index is 405. The summed E-state index contributed by atoms with van der Waals surface area (Å²) in [4.78, 5) is 2.34. The summed E-state index contributed by atoms with van der Waals surface area (Å²) in [7, 11) is 4.18. The van der Waals surface area contributed by atoms with Gasteiger partial charge >= 0.3 is 0 Å². The van der Waals surface area contributed by atoms with Crippen LogP contribution in [0.2, 0.25) is 0 Å². The molecule has 1 aromatic rings. The number of ether oxygens (including phenoxy) is 1. The molecule has 1 aliphatic heterocycles. The summed E-state index contributed by atoms with van der Waals surface area (Å²) < 4.78 is 5.95. The summed E-state index contributed by atoms with van der Waals surface area (Å²) in [5.41, 5.74) is 3.99. The zero-order chi connectivity index (χ0) is 13.1. The van der Waals surface area contributed by atoms with E-state index < -0.39 is 0 Å². The average Bonchev–Trinajstić information content (AvgIpc) is 2.35. The third kappa shape index (κ3) is 2.91. The highest BCUT2D eigenvalue weighted by Gasteiger charge is 2.27. The monoisotopic (exact) mass is 248 g/mol. The Kier molecular flexibility index (Phi) is 4.38. The van der Waals surface area contributed by atoms with E-state index in [9.17, 15) is 0 Å². The van der Waals surface area contributed by atoms with Crippen LogP contribution in [-0.4, -0.2) is 44.8 Å². The fraction of sp³-hybridized carbons (Fsp3) is 0.600. The standard InChI is InChI=1S/C15H24N2O/c1-11-5-6-12(2)13(9-11)15(16-3)14-10-17(4)7-8-18-14/h5-6,9,14-16H,7-8,10H2,1-4H3. The van der Waals surface area contributed by atoms with Crippen molar-refractivity contribution in [1.29, 1.82) is 0 Å². The van der Waals surface area contributed by atoms with Crippen LogP contribution in [0.4, 0.5) is 0 Å². The lowest BCUT2D eigenvalue weighted by atomic mass is 9.94. The van der Waals surface area contributed by atoms with Gasteiger partial charge in [-0.05, 0) is 39.1 Å². The normalized spacial score (nSPS) is 23.0. The lowest BCUT2D eigenvalue weighted by Crippen LogP contribution is -2.46. The Hall–Kier alpha value is -0.900. The van der Waals surface area contributed by atoms with Gasteiger partial charge in [-0.2, -0.15) is 0 Å². The fourth-order valence-corrected chi connectivity index (χ4v) is 2.65. The van der Waals surface area contributed by atoms with Crippen LogP contribution in [0.3, 0.4) is 0 Å². The highest BCUT2D eigenvalue weighted by Crippen LogP contribution is 2.25. The highest BCUT2D eigenvalue weighted by atomic mass is 16.5. The predicted octanol–water partition coefficient (Wildman–Crippen LogP) is 1.89. The maximum Gasteiger partial charge on any atom is 0.0896 e. The third-order valence-electron chi connectivity index (χ3n) is 3.75. The van der Waals surface area contributed by atoms with Crippen molar-refractivity contribution in [3.8, 4) is 0 Å². The smallest absolute Gasteiger partial charge is 0.0896 e. The molecular weight excluding hydrogens is 224 g/mol. The van der Waals surface area contributed by atoms with Gasteiger partial charge in [-0.3, -0.25) is 0 Å². The van der Waals surface area contributed by atoms with Crippen molar-refractivity contribution in [3.05, 3.63) is 34.9 Å². The number of benzene rings is 1. The Balaban J connectivity index is 2.24. The van der Waals surface area contributed by atoms with E-state index in [0.717, 1.165) is 19.7 Å². The van der Waals surface area contributed by atoms with Crippen LogP contribution in [0, 0.1) is 13.8 Å². The van der Waals surface area contributed by atoms with Gasteiger partial charge < -0.3 is 15.0 Å². The molecule has 2 unspecified atom stereocenters. The lowest BCUT2D eigenvalue weighted by molar-refractivity contribution is -0.0381. The number of hydrogen-bond donors (Lipinski definition) is 1. The van der Waals surface area contributed by atoms with E-state index in [2.05, 4.69) is 49.3 Å². The van der Waals surface area contributed by atoms with Gasteiger partial charge in [0.25, 0.3) is 0 Å². The SMILES string of the molecule is CNC(c1cc(C)ccc1C)C1CN(C)CCO1. The Labute approximate surface area is 110 Å². The van der Waals surface area contributed by atoms with Crippen LogP contribution in [0.15, 0.2) is 18.2 Å². The van der Waals surface area contributed by atoms with E-state index in [1.54, 1.807) is 0 Å². The predicted molar refractivity (Wildman–Crippen MR) is 75.0 cm³/mol. The van der Waals surface area contributed by atoms with Crippen LogP contribution in [0.5, 0.6) is 0 Å². The first-order valence-corrected chi connectivity index (χ1v) is 6.66. The van der Waals surface area contributed by atoms with E-state index >= 15 is 0 Å². The number of nitrogens with one attached hydrogen (secondary N) is 1. The molecule has 3 nitrogen and oxygen atoms in total. The molecule has 18 heavy (non-hydrogen) atoms. The summed E-state index contributed by atoms with van der Waals surface area (Å²) in [6.45, 7) is 7.15. The van der Waals surface area contributed by atoms with Gasteiger partial charge in [-0.15, -0.1) is 0 Å². The maximum absolute atomic E-state index is 5.95. The molecule has 1 N–H and O–H groups in total. The minimum Gasteiger partial charge on any atom is -0.374 e. The maximum atomic E-state index is 5.95. The van der Waals surface area contributed by atoms with Crippen molar-refractivity contribution < 1.29 is 4.74 Å². The molecule has 100 valence electrons. The number of rotatable bonds is 3. The van der Waals surface area contributed by atoms with Crippen molar-refractivity contribution in [2.45, 2.75) is 26.0 Å². The quantitative estimate of drug-likeness (QED) is 0.884. The molecule has 0 aromatic heterocycles. The van der Waals surface area contributed by atoms with Gasteiger partial charge in [-0.25, -0.2) is 0 Å². The van der Waals surface area contributed by atoms with Crippen LogP contribution >= 0.6 is 0 Å². The Morgan fingerprint density at radius 1 is 1.39 bits per heavy atom. The summed E-state index contributed by atoms with van der Waals surface area (Å²) in [5.74, 6) is 0. The number of morpholine rings is 1. The van der Waals surface area contributed by atoms with Crippen LogP contribution in [0.1, 0.15) is 22.7 Å². The second-order valence-corrected chi connectivity index (χ2v) is 5.30. The topological polar surface area (TPSA) is 24.5 Å². The summed E-state index contributed by atoms with van der Waals surface area (Å²) in [5, 5.41) is 3.42. The molecule has 0 amide bonds. The molecule has 1 aromatic carbocycles. The van der Waals surface area contributed by atoms with Gasteiger partial charge in [0.2, 0.25) is 0 Å². The van der Waals surface area contributed by atoms with E-state index in [-0.39, 0.29) is 12.1 Å². The lowest BCUT2D eigenvalue weighted by Gasteiger charge is -2.36. The molecule has 0 saturated carbocycles. The summed E-state index contributed by atoms with van der Waals surface area (Å²) in [6, 6.07) is 6.91. The van der Waals surface area contributed by atoms with Crippen molar-refractivity contribution in [3.63, 3.8) is 0 Å². The van der Waals surface area contributed by atoms with E-state index in [0.29, 0.717) is 0 Å². The highest BCUT2D eigenvalue weighted by molar-refractivity contribution is 5.33. The molecule has 0 spiro atoms. The Morgan fingerprint density at radius 3 is 2.83 bits per heavy atom. The number of nitrogens with zero attached hydrogens (tertiary/aromatic N) is 1. The molecular formula is C15H24N2O. The van der Waals surface area contributed by atoms with Crippen molar-refractivity contribution >= 4 is 0 Å². The molecule has 2 rings (SSSR count). The first kappa shape index (κ1) is 13.5. The molecule has 1 saturated heterocycles. The molecule has 2 atom stereocenters. The van der Waals surface area contributed by atoms with Gasteiger partial charge in [0.1, 0.15) is 0 Å². The molecule has 1 fully saturated rings. The van der Waals surface area contributed by atoms with Crippen molar-refractivity contribution in [2.24, 2.45) is 0 Å². The molecule has 0 radical (unpaired) electrons. The van der Waals surface area contributed by atoms with Crippen LogP contribution in [0.25, 0.3) is 0 Å². The third-order valence-corrected chi connectivity index (χ3v) is 3.75. The van der Waals surface area contributed by atoms with Crippen LogP contribution < -0.4 is 5.32 Å². The molecule has 3 heteroatoms. The minimum absolute atomic E-state index is 0.231. The Morgan fingerprint density at radius 2 is 2.17 bits per heavy atom. The largest absolute Gasteiger partial charge is 0.374 e. The number of aryl methyl sites for hydroxylation is 2. The summed E-state index contributed by atoms with van der Waals surface area (Å²) in [6.07, 6.45) is 0.231. The van der Waals surface area contributed by atoms with Crippen molar-refractivity contribution in [2.75, 3.05) is 33.8 Å². The number of hydrogen-bond acceptors (Lipinski definition) is 3. The number of likely N-dealkylation sites (N-methyl/N-ethyl adjacent to an activating group) is 2. The van der Waals surface area contributed by atoms with Gasteiger partial charge in [0.15, 0.2) is 0 Å². The summed E-state index contributed by atoms with van der Waals surface area (Å²) >= 11 is 0. The fourth-order valence-electron chi connectivity index (χ4n) is 2.65. The van der Waals surface area contributed by atoms with E-state index in [1.165, 1.54) is 16.7 Å². The zero-order valence-electron chi connectivity index (χ0n) is 11.9. The van der Waals surface area contributed by atoms with Gasteiger partial charge in [0, 0.05) is 13.1 Å². The second-order valence-electron chi connectivity index (χ2n) is 5.30. The molecule has 1 aliphatic rings. The average molecular weight is 248 g/mol. The van der Waals surface area contributed by atoms with E-state index in [1.807, 2.05) is 7.05 Å². The first-order valence-electron chi connectivity index (χ1n) is 6.66. The second kappa shape index (κ2) is 5.83. The van der Waals surface area contributed by atoms with Crippen molar-refractivity contribution in [1.82, 2.24) is 10.2 Å². The van der Waals surface area contributed by atoms with Gasteiger partial charge in [0.05, 0.1) is 18.8 Å².